The van der Waals surface area contributed by atoms with Crippen LogP contribution in [0.4, 0.5) is 0 Å². The largest absolute Gasteiger partial charge is 0.388 e. The van der Waals surface area contributed by atoms with Crippen LogP contribution in [0.25, 0.3) is 0 Å². The highest BCUT2D eigenvalue weighted by Gasteiger charge is 2.39. The van der Waals surface area contributed by atoms with Gasteiger partial charge in [0.05, 0.1) is 11.0 Å². The summed E-state index contributed by atoms with van der Waals surface area (Å²) in [7, 11) is 1.61. The van der Waals surface area contributed by atoms with Crippen molar-refractivity contribution in [1.82, 2.24) is 10.6 Å². The Morgan fingerprint density at radius 2 is 2.30 bits per heavy atom. The Labute approximate surface area is 122 Å². The van der Waals surface area contributed by atoms with E-state index in [2.05, 4.69) is 17.6 Å². The van der Waals surface area contributed by atoms with Crippen molar-refractivity contribution in [2.75, 3.05) is 33.4 Å². The van der Waals surface area contributed by atoms with Crippen molar-refractivity contribution >= 4 is 5.91 Å². The second kappa shape index (κ2) is 7.96. The average Bonchev–Trinajstić information content (AvgIpc) is 2.44. The predicted octanol–water partition coefficient (Wildman–Crippen LogP) is 1.06. The lowest BCUT2D eigenvalue weighted by Crippen LogP contribution is -2.53. The molecule has 5 heteroatoms. The molecule has 1 rings (SSSR count). The molecule has 5 nitrogen and oxygen atoms in total. The molecule has 3 N–H and O–H groups in total. The minimum absolute atomic E-state index is 0.0734. The number of aliphatic hydroxyl groups is 1. The van der Waals surface area contributed by atoms with E-state index in [4.69, 9.17) is 4.74 Å². The predicted molar refractivity (Wildman–Crippen MR) is 79.6 cm³/mol. The number of ether oxygens (including phenoxy) is 1. The summed E-state index contributed by atoms with van der Waals surface area (Å²) in [5, 5.41) is 16.5. The minimum Gasteiger partial charge on any atom is -0.388 e. The van der Waals surface area contributed by atoms with E-state index in [-0.39, 0.29) is 17.9 Å². The molecule has 1 aliphatic rings. The van der Waals surface area contributed by atoms with Crippen LogP contribution < -0.4 is 10.6 Å². The van der Waals surface area contributed by atoms with E-state index in [0.29, 0.717) is 13.0 Å². The maximum Gasteiger partial charge on any atom is 0.227 e. The van der Waals surface area contributed by atoms with Gasteiger partial charge >= 0.3 is 0 Å². The zero-order valence-corrected chi connectivity index (χ0v) is 13.1. The number of carbonyl (C=O) groups excluding carboxylic acids is 1. The molecule has 20 heavy (non-hydrogen) atoms. The van der Waals surface area contributed by atoms with Gasteiger partial charge in [0.25, 0.3) is 0 Å². The standard InChI is InChI=1S/C15H30N2O3/c1-4-6-15(7-5-9-16-12-15)13(18)17-11-14(2,19)8-10-20-3/h16,19H,4-12H2,1-3H3,(H,17,18). The fourth-order valence-electron chi connectivity index (χ4n) is 2.84. The number of amides is 1. The second-order valence-corrected chi connectivity index (χ2v) is 6.23. The van der Waals surface area contributed by atoms with Gasteiger partial charge in [-0.1, -0.05) is 13.3 Å². The van der Waals surface area contributed by atoms with Crippen LogP contribution in [0, 0.1) is 5.41 Å². The third-order valence-electron chi connectivity index (χ3n) is 4.16. The summed E-state index contributed by atoms with van der Waals surface area (Å²) in [6.45, 7) is 6.35. The lowest BCUT2D eigenvalue weighted by molar-refractivity contribution is -0.134. The Morgan fingerprint density at radius 3 is 2.85 bits per heavy atom. The van der Waals surface area contributed by atoms with Crippen molar-refractivity contribution in [3.05, 3.63) is 0 Å². The van der Waals surface area contributed by atoms with E-state index in [1.807, 2.05) is 0 Å². The van der Waals surface area contributed by atoms with Crippen LogP contribution >= 0.6 is 0 Å². The molecule has 1 fully saturated rings. The first kappa shape index (κ1) is 17.4. The Balaban J connectivity index is 2.54. The Kier molecular flexibility index (Phi) is 6.92. The quantitative estimate of drug-likeness (QED) is 0.624. The molecule has 2 unspecified atom stereocenters. The van der Waals surface area contributed by atoms with Gasteiger partial charge in [0.15, 0.2) is 0 Å². The van der Waals surface area contributed by atoms with E-state index in [1.54, 1.807) is 14.0 Å². The van der Waals surface area contributed by atoms with Crippen molar-refractivity contribution in [3.8, 4) is 0 Å². The molecule has 0 aromatic carbocycles. The SMILES string of the molecule is CCCC1(C(=O)NCC(C)(O)CCOC)CCCNC1. The smallest absolute Gasteiger partial charge is 0.227 e. The lowest BCUT2D eigenvalue weighted by atomic mass is 9.76. The summed E-state index contributed by atoms with van der Waals surface area (Å²) in [6, 6.07) is 0. The van der Waals surface area contributed by atoms with Crippen LogP contribution in [-0.4, -0.2) is 50.0 Å². The van der Waals surface area contributed by atoms with Crippen LogP contribution in [0.15, 0.2) is 0 Å². The molecule has 1 aliphatic heterocycles. The summed E-state index contributed by atoms with van der Waals surface area (Å²) in [5.41, 5.74) is -1.22. The highest BCUT2D eigenvalue weighted by atomic mass is 16.5. The van der Waals surface area contributed by atoms with E-state index in [0.717, 1.165) is 38.8 Å². The van der Waals surface area contributed by atoms with Crippen LogP contribution in [0.2, 0.25) is 0 Å². The van der Waals surface area contributed by atoms with E-state index in [1.165, 1.54) is 0 Å². The van der Waals surface area contributed by atoms with Gasteiger partial charge in [0.2, 0.25) is 5.91 Å². The van der Waals surface area contributed by atoms with Crippen LogP contribution in [0.3, 0.4) is 0 Å². The molecule has 0 bridgehead atoms. The fraction of sp³-hybridized carbons (Fsp3) is 0.933. The van der Waals surface area contributed by atoms with Crippen LogP contribution in [-0.2, 0) is 9.53 Å². The average molecular weight is 286 g/mol. The molecule has 2 atom stereocenters. The van der Waals surface area contributed by atoms with E-state index < -0.39 is 5.60 Å². The number of hydrogen-bond donors (Lipinski definition) is 3. The molecular weight excluding hydrogens is 256 g/mol. The molecule has 0 spiro atoms. The first-order valence-electron chi connectivity index (χ1n) is 7.66. The lowest BCUT2D eigenvalue weighted by Gasteiger charge is -2.37. The summed E-state index contributed by atoms with van der Waals surface area (Å²) in [6.07, 6.45) is 4.37. The molecule has 1 amide bonds. The van der Waals surface area contributed by atoms with Crippen molar-refractivity contribution in [2.24, 2.45) is 5.41 Å². The van der Waals surface area contributed by atoms with Gasteiger partial charge in [-0.25, -0.2) is 0 Å². The van der Waals surface area contributed by atoms with Crippen molar-refractivity contribution in [3.63, 3.8) is 0 Å². The summed E-state index contributed by atoms with van der Waals surface area (Å²) in [5.74, 6) is 0.0734. The molecule has 0 aliphatic carbocycles. The number of piperidine rings is 1. The summed E-state index contributed by atoms with van der Waals surface area (Å²) in [4.78, 5) is 12.5. The number of methoxy groups -OCH3 is 1. The van der Waals surface area contributed by atoms with Crippen molar-refractivity contribution < 1.29 is 14.6 Å². The first-order valence-corrected chi connectivity index (χ1v) is 7.66. The monoisotopic (exact) mass is 286 g/mol. The zero-order valence-electron chi connectivity index (χ0n) is 13.1. The topological polar surface area (TPSA) is 70.6 Å². The zero-order chi connectivity index (χ0) is 15.1. The van der Waals surface area contributed by atoms with Gasteiger partial charge in [-0.05, 0) is 32.7 Å². The molecule has 0 saturated carbocycles. The molecule has 118 valence electrons. The maximum atomic E-state index is 12.5. The molecular formula is C15H30N2O3. The van der Waals surface area contributed by atoms with Gasteiger partial charge in [-0.15, -0.1) is 0 Å². The third-order valence-corrected chi connectivity index (χ3v) is 4.16. The highest BCUT2D eigenvalue weighted by molar-refractivity contribution is 5.83. The normalized spacial score (nSPS) is 26.0. The molecule has 1 saturated heterocycles. The number of carbonyl (C=O) groups is 1. The Hall–Kier alpha value is -0.650. The van der Waals surface area contributed by atoms with Gasteiger partial charge < -0.3 is 20.5 Å². The second-order valence-electron chi connectivity index (χ2n) is 6.23. The molecule has 0 radical (unpaired) electrons. The molecule has 0 aromatic heterocycles. The Morgan fingerprint density at radius 1 is 1.55 bits per heavy atom. The Bertz CT molecular complexity index is 294. The van der Waals surface area contributed by atoms with Gasteiger partial charge in [-0.2, -0.15) is 0 Å². The molecule has 1 heterocycles. The number of nitrogens with one attached hydrogen (secondary N) is 2. The minimum atomic E-state index is -0.916. The number of hydrogen-bond acceptors (Lipinski definition) is 4. The fourth-order valence-corrected chi connectivity index (χ4v) is 2.84. The van der Waals surface area contributed by atoms with Crippen molar-refractivity contribution in [1.29, 1.82) is 0 Å². The first-order chi connectivity index (χ1) is 9.46. The van der Waals surface area contributed by atoms with Crippen LogP contribution in [0.1, 0.15) is 46.0 Å². The molecule has 0 aromatic rings. The highest BCUT2D eigenvalue weighted by Crippen LogP contribution is 2.32. The van der Waals surface area contributed by atoms with E-state index >= 15 is 0 Å². The maximum absolute atomic E-state index is 12.5. The third kappa shape index (κ3) is 5.04. The van der Waals surface area contributed by atoms with Gasteiger partial charge in [0.1, 0.15) is 0 Å². The van der Waals surface area contributed by atoms with E-state index in [9.17, 15) is 9.90 Å². The van der Waals surface area contributed by atoms with Gasteiger partial charge in [0, 0.05) is 33.2 Å². The summed E-state index contributed by atoms with van der Waals surface area (Å²) >= 11 is 0. The number of rotatable bonds is 8. The van der Waals surface area contributed by atoms with Gasteiger partial charge in [-0.3, -0.25) is 4.79 Å². The van der Waals surface area contributed by atoms with Crippen molar-refractivity contribution in [2.45, 2.75) is 51.6 Å². The summed E-state index contributed by atoms with van der Waals surface area (Å²) < 4.78 is 4.98. The van der Waals surface area contributed by atoms with Crippen LogP contribution in [0.5, 0.6) is 0 Å².